The van der Waals surface area contributed by atoms with Crippen LogP contribution in [0.25, 0.3) is 11.0 Å². The summed E-state index contributed by atoms with van der Waals surface area (Å²) in [6.07, 6.45) is 3.65. The number of hydrogen-bond acceptors (Lipinski definition) is 8. The van der Waals surface area contributed by atoms with E-state index in [4.69, 9.17) is 4.52 Å². The van der Waals surface area contributed by atoms with Crippen LogP contribution in [0, 0.1) is 0 Å². The molecule has 1 unspecified atom stereocenters. The molecule has 1 atom stereocenters. The predicted molar refractivity (Wildman–Crippen MR) is 96.8 cm³/mol. The summed E-state index contributed by atoms with van der Waals surface area (Å²) >= 11 is 3.53. The fraction of sp³-hybridized carbons (Fsp3) is 0.533. The predicted octanol–water partition coefficient (Wildman–Crippen LogP) is 1.96. The van der Waals surface area contributed by atoms with E-state index in [-0.39, 0.29) is 5.92 Å². The SMILES string of the molecule is CN(C)c1noc(C2CCCN(c3ncnc4c3c(Br)nn4C)C2)n1. The number of halogens is 1. The molecule has 1 aliphatic heterocycles. The summed E-state index contributed by atoms with van der Waals surface area (Å²) in [6, 6.07) is 0. The van der Waals surface area contributed by atoms with E-state index in [9.17, 15) is 0 Å². The molecule has 3 aromatic rings. The van der Waals surface area contributed by atoms with Gasteiger partial charge in [0.15, 0.2) is 5.65 Å². The van der Waals surface area contributed by atoms with Crippen LogP contribution in [0.4, 0.5) is 11.8 Å². The van der Waals surface area contributed by atoms with Crippen molar-refractivity contribution in [2.24, 2.45) is 7.05 Å². The fourth-order valence-corrected chi connectivity index (χ4v) is 3.80. The minimum absolute atomic E-state index is 0.190. The van der Waals surface area contributed by atoms with E-state index in [0.717, 1.165) is 47.4 Å². The molecule has 132 valence electrons. The second-order valence-electron chi connectivity index (χ2n) is 6.42. The highest BCUT2D eigenvalue weighted by molar-refractivity contribution is 9.10. The highest BCUT2D eigenvalue weighted by Gasteiger charge is 2.29. The van der Waals surface area contributed by atoms with Gasteiger partial charge in [-0.05, 0) is 33.9 Å². The minimum atomic E-state index is 0.190. The number of fused-ring (bicyclic) bond motifs is 1. The number of aryl methyl sites for hydroxylation is 1. The zero-order valence-corrected chi connectivity index (χ0v) is 15.9. The molecular formula is C15H19BrN8O. The largest absolute Gasteiger partial charge is 0.355 e. The Bertz CT molecular complexity index is 904. The molecule has 0 spiro atoms. The molecule has 3 aromatic heterocycles. The first-order chi connectivity index (χ1) is 12.0. The molecule has 0 aliphatic carbocycles. The Labute approximate surface area is 153 Å². The van der Waals surface area contributed by atoms with Crippen molar-refractivity contribution in [1.82, 2.24) is 29.9 Å². The lowest BCUT2D eigenvalue weighted by atomic mass is 9.98. The number of nitrogens with zero attached hydrogens (tertiary/aromatic N) is 8. The number of piperidine rings is 1. The molecule has 4 rings (SSSR count). The van der Waals surface area contributed by atoms with Crippen LogP contribution in [0.15, 0.2) is 15.5 Å². The van der Waals surface area contributed by atoms with Crippen LogP contribution in [-0.4, -0.2) is 57.1 Å². The van der Waals surface area contributed by atoms with Gasteiger partial charge in [-0.25, -0.2) is 14.6 Å². The third kappa shape index (κ3) is 2.84. The topological polar surface area (TPSA) is 89.0 Å². The van der Waals surface area contributed by atoms with E-state index in [1.165, 1.54) is 0 Å². The summed E-state index contributed by atoms with van der Waals surface area (Å²) in [5.41, 5.74) is 0.812. The molecule has 4 heterocycles. The van der Waals surface area contributed by atoms with E-state index >= 15 is 0 Å². The van der Waals surface area contributed by atoms with Crippen molar-refractivity contribution in [3.05, 3.63) is 16.8 Å². The minimum Gasteiger partial charge on any atom is -0.355 e. The van der Waals surface area contributed by atoms with Crippen molar-refractivity contribution in [2.75, 3.05) is 37.0 Å². The van der Waals surface area contributed by atoms with E-state index in [2.05, 4.69) is 46.0 Å². The first-order valence-corrected chi connectivity index (χ1v) is 8.93. The Morgan fingerprint density at radius 1 is 1.32 bits per heavy atom. The molecule has 25 heavy (non-hydrogen) atoms. The van der Waals surface area contributed by atoms with E-state index in [0.29, 0.717) is 11.8 Å². The second-order valence-corrected chi connectivity index (χ2v) is 7.17. The Morgan fingerprint density at radius 3 is 2.92 bits per heavy atom. The Morgan fingerprint density at radius 2 is 2.16 bits per heavy atom. The van der Waals surface area contributed by atoms with E-state index in [1.54, 1.807) is 11.0 Å². The monoisotopic (exact) mass is 406 g/mol. The lowest BCUT2D eigenvalue weighted by Crippen LogP contribution is -2.35. The molecule has 1 fully saturated rings. The molecule has 0 saturated carbocycles. The van der Waals surface area contributed by atoms with Gasteiger partial charge in [0.25, 0.3) is 5.95 Å². The summed E-state index contributed by atoms with van der Waals surface area (Å²) in [4.78, 5) is 17.5. The maximum absolute atomic E-state index is 5.48. The van der Waals surface area contributed by atoms with Gasteiger partial charge in [0, 0.05) is 34.2 Å². The molecule has 1 aliphatic rings. The Hall–Kier alpha value is -2.23. The summed E-state index contributed by atoms with van der Waals surface area (Å²) < 4.78 is 7.99. The van der Waals surface area contributed by atoms with Crippen molar-refractivity contribution in [3.8, 4) is 0 Å². The lowest BCUT2D eigenvalue weighted by molar-refractivity contribution is 0.333. The summed E-state index contributed by atoms with van der Waals surface area (Å²) in [5, 5.41) is 9.37. The molecule has 0 amide bonds. The highest BCUT2D eigenvalue weighted by Crippen LogP contribution is 2.34. The van der Waals surface area contributed by atoms with Crippen LogP contribution >= 0.6 is 15.9 Å². The van der Waals surface area contributed by atoms with Gasteiger partial charge in [0.2, 0.25) is 5.89 Å². The third-order valence-electron chi connectivity index (χ3n) is 4.46. The standard InChI is InChI=1S/C15H19BrN8O/c1-22(2)15-19-14(25-21-15)9-5-4-6-24(7-9)13-10-11(16)20-23(3)12(10)17-8-18-13/h8-9H,4-7H2,1-3H3. The summed E-state index contributed by atoms with van der Waals surface area (Å²) in [7, 11) is 5.68. The van der Waals surface area contributed by atoms with Gasteiger partial charge >= 0.3 is 0 Å². The van der Waals surface area contributed by atoms with Crippen molar-refractivity contribution < 1.29 is 4.52 Å². The van der Waals surface area contributed by atoms with Gasteiger partial charge in [-0.3, -0.25) is 0 Å². The molecule has 1 saturated heterocycles. The summed E-state index contributed by atoms with van der Waals surface area (Å²) in [6.45, 7) is 1.71. The van der Waals surface area contributed by atoms with Crippen molar-refractivity contribution in [3.63, 3.8) is 0 Å². The Balaban J connectivity index is 1.65. The van der Waals surface area contributed by atoms with Gasteiger partial charge in [0.1, 0.15) is 16.7 Å². The first kappa shape index (κ1) is 16.2. The summed E-state index contributed by atoms with van der Waals surface area (Å²) in [5.74, 6) is 2.37. The van der Waals surface area contributed by atoms with Gasteiger partial charge in [-0.1, -0.05) is 0 Å². The normalized spacial score (nSPS) is 18.1. The van der Waals surface area contributed by atoms with Crippen LogP contribution < -0.4 is 9.80 Å². The van der Waals surface area contributed by atoms with Gasteiger partial charge in [0.05, 0.1) is 11.3 Å². The molecule has 0 bridgehead atoms. The fourth-order valence-electron chi connectivity index (χ4n) is 3.21. The number of hydrogen-bond donors (Lipinski definition) is 0. The number of anilines is 2. The van der Waals surface area contributed by atoms with E-state index in [1.807, 2.05) is 26.0 Å². The van der Waals surface area contributed by atoms with E-state index < -0.39 is 0 Å². The molecule has 0 N–H and O–H groups in total. The molecule has 10 heteroatoms. The maximum Gasteiger partial charge on any atom is 0.265 e. The average Bonchev–Trinajstić information content (AvgIpc) is 3.21. The van der Waals surface area contributed by atoms with Gasteiger partial charge in [-0.15, -0.1) is 0 Å². The van der Waals surface area contributed by atoms with Crippen molar-refractivity contribution in [2.45, 2.75) is 18.8 Å². The van der Waals surface area contributed by atoms with Gasteiger partial charge in [-0.2, -0.15) is 10.1 Å². The maximum atomic E-state index is 5.48. The highest BCUT2D eigenvalue weighted by atomic mass is 79.9. The van der Waals surface area contributed by atoms with Gasteiger partial charge < -0.3 is 14.3 Å². The Kier molecular flexibility index (Phi) is 4.06. The smallest absolute Gasteiger partial charge is 0.265 e. The molecule has 0 radical (unpaired) electrons. The molecule has 0 aromatic carbocycles. The van der Waals surface area contributed by atoms with Crippen molar-refractivity contribution in [1.29, 1.82) is 0 Å². The average molecular weight is 407 g/mol. The zero-order valence-electron chi connectivity index (χ0n) is 14.3. The second kappa shape index (κ2) is 6.25. The van der Waals surface area contributed by atoms with Crippen molar-refractivity contribution >= 4 is 38.7 Å². The quantitative estimate of drug-likeness (QED) is 0.651. The van der Waals surface area contributed by atoms with Crippen LogP contribution in [0.1, 0.15) is 24.7 Å². The van der Waals surface area contributed by atoms with Crippen LogP contribution in [0.5, 0.6) is 0 Å². The number of aromatic nitrogens is 6. The first-order valence-electron chi connectivity index (χ1n) is 8.13. The lowest BCUT2D eigenvalue weighted by Gasteiger charge is -2.32. The van der Waals surface area contributed by atoms with Crippen LogP contribution in [-0.2, 0) is 7.05 Å². The zero-order chi connectivity index (χ0) is 17.6. The third-order valence-corrected chi connectivity index (χ3v) is 5.01. The molecule has 9 nitrogen and oxygen atoms in total. The number of rotatable bonds is 3. The molecular weight excluding hydrogens is 388 g/mol. The van der Waals surface area contributed by atoms with Crippen LogP contribution in [0.3, 0.4) is 0 Å². The van der Waals surface area contributed by atoms with Crippen LogP contribution in [0.2, 0.25) is 0 Å².